The van der Waals surface area contributed by atoms with Gasteiger partial charge in [0, 0.05) is 7.11 Å². The summed E-state index contributed by atoms with van der Waals surface area (Å²) in [6.45, 7) is -0.0454. The Bertz CT molecular complexity index is 621. The summed E-state index contributed by atoms with van der Waals surface area (Å²) in [5.41, 5.74) is 1.84. The summed E-state index contributed by atoms with van der Waals surface area (Å²) in [5, 5.41) is 30.2. The van der Waals surface area contributed by atoms with E-state index in [1.54, 1.807) is 0 Å². The van der Waals surface area contributed by atoms with E-state index in [0.29, 0.717) is 0 Å². The molecule has 0 amide bonds. The molecule has 6 heteroatoms. The minimum Gasteiger partial charge on any atom is -0.394 e. The lowest BCUT2D eigenvalue weighted by Crippen LogP contribution is -2.50. The van der Waals surface area contributed by atoms with Gasteiger partial charge in [0.05, 0.1) is 26.4 Å². The lowest BCUT2D eigenvalue weighted by atomic mass is 10.0. The maximum absolute atomic E-state index is 10.5. The Labute approximate surface area is 159 Å². The molecular weight excluding hydrogens is 348 g/mol. The fourth-order valence-corrected chi connectivity index (χ4v) is 2.75. The summed E-state index contributed by atoms with van der Waals surface area (Å²) in [4.78, 5) is 0. The highest BCUT2D eigenvalue weighted by Crippen LogP contribution is 2.18. The van der Waals surface area contributed by atoms with Gasteiger partial charge in [0.25, 0.3) is 0 Å². The maximum atomic E-state index is 10.5. The van der Waals surface area contributed by atoms with Crippen molar-refractivity contribution in [2.75, 3.05) is 20.3 Å². The van der Waals surface area contributed by atoms with Crippen molar-refractivity contribution in [3.63, 3.8) is 0 Å². The highest BCUT2D eigenvalue weighted by atomic mass is 16.6. The van der Waals surface area contributed by atoms with Crippen molar-refractivity contribution < 1.29 is 29.5 Å². The van der Waals surface area contributed by atoms with Gasteiger partial charge in [-0.2, -0.15) is 0 Å². The van der Waals surface area contributed by atoms with Crippen LogP contribution in [0.3, 0.4) is 0 Å². The van der Waals surface area contributed by atoms with Gasteiger partial charge in [0.2, 0.25) is 0 Å². The number of hydrogen-bond donors (Lipinski definition) is 3. The molecule has 0 heterocycles. The highest BCUT2D eigenvalue weighted by Gasteiger charge is 2.35. The van der Waals surface area contributed by atoms with E-state index >= 15 is 0 Å². The molecular formula is C21H28O6. The van der Waals surface area contributed by atoms with Crippen LogP contribution < -0.4 is 0 Å². The molecule has 0 bridgehead atoms. The van der Waals surface area contributed by atoms with Crippen molar-refractivity contribution in [3.8, 4) is 0 Å². The fourth-order valence-electron chi connectivity index (χ4n) is 2.75. The summed E-state index contributed by atoms with van der Waals surface area (Å²) in [6, 6.07) is 19.0. The van der Waals surface area contributed by atoms with Crippen molar-refractivity contribution in [3.05, 3.63) is 71.8 Å². The Hall–Kier alpha value is -1.80. The average Bonchev–Trinajstić information content (AvgIpc) is 2.71. The van der Waals surface area contributed by atoms with E-state index in [4.69, 9.17) is 14.2 Å². The second-order valence-electron chi connectivity index (χ2n) is 6.30. The van der Waals surface area contributed by atoms with Crippen LogP contribution in [-0.2, 0) is 27.4 Å². The second-order valence-corrected chi connectivity index (χ2v) is 6.30. The quantitative estimate of drug-likeness (QED) is 0.521. The van der Waals surface area contributed by atoms with Crippen molar-refractivity contribution in [1.29, 1.82) is 0 Å². The van der Waals surface area contributed by atoms with E-state index in [9.17, 15) is 15.3 Å². The van der Waals surface area contributed by atoms with Crippen LogP contribution >= 0.6 is 0 Å². The summed E-state index contributed by atoms with van der Waals surface area (Å²) in [6.07, 6.45) is -4.04. The molecule has 2 rings (SSSR count). The molecule has 0 aliphatic heterocycles. The Morgan fingerprint density at radius 2 is 1.19 bits per heavy atom. The normalized spacial score (nSPS) is 15.9. The van der Waals surface area contributed by atoms with E-state index in [0.717, 1.165) is 11.1 Å². The summed E-state index contributed by atoms with van der Waals surface area (Å²) in [7, 11) is 1.47. The monoisotopic (exact) mass is 376 g/mol. The van der Waals surface area contributed by atoms with Crippen LogP contribution in [0.2, 0.25) is 0 Å². The molecule has 0 radical (unpaired) electrons. The maximum Gasteiger partial charge on any atom is 0.115 e. The molecule has 3 N–H and O–H groups in total. The topological polar surface area (TPSA) is 88.4 Å². The fraction of sp³-hybridized carbons (Fsp3) is 0.429. The van der Waals surface area contributed by atoms with Gasteiger partial charge in [-0.05, 0) is 11.1 Å². The number of rotatable bonds is 12. The summed E-state index contributed by atoms with van der Waals surface area (Å²) >= 11 is 0. The molecule has 0 aliphatic rings. The molecule has 0 unspecified atom stereocenters. The zero-order valence-corrected chi connectivity index (χ0v) is 15.5. The molecule has 2 aromatic rings. The zero-order chi connectivity index (χ0) is 19.5. The molecule has 0 aromatic heterocycles. The minimum absolute atomic E-state index is 0.0167. The van der Waals surface area contributed by atoms with Gasteiger partial charge in [-0.3, -0.25) is 0 Å². The van der Waals surface area contributed by atoms with Gasteiger partial charge in [0.1, 0.15) is 24.4 Å². The number of hydrogen-bond acceptors (Lipinski definition) is 6. The van der Waals surface area contributed by atoms with Crippen LogP contribution in [-0.4, -0.2) is 60.1 Å². The molecule has 2 aromatic carbocycles. The molecule has 27 heavy (non-hydrogen) atoms. The number of aliphatic hydroxyl groups excluding tert-OH is 3. The van der Waals surface area contributed by atoms with Crippen LogP contribution in [0.5, 0.6) is 0 Å². The van der Waals surface area contributed by atoms with Gasteiger partial charge in [-0.15, -0.1) is 0 Å². The van der Waals surface area contributed by atoms with Crippen molar-refractivity contribution >= 4 is 0 Å². The van der Waals surface area contributed by atoms with Gasteiger partial charge in [-0.25, -0.2) is 0 Å². The van der Waals surface area contributed by atoms with Gasteiger partial charge in [0.15, 0.2) is 0 Å². The third-order valence-corrected chi connectivity index (χ3v) is 4.18. The third kappa shape index (κ3) is 7.03. The van der Waals surface area contributed by atoms with Crippen molar-refractivity contribution in [1.82, 2.24) is 0 Å². The first-order chi connectivity index (χ1) is 13.2. The summed E-state index contributed by atoms with van der Waals surface area (Å²) < 4.78 is 16.8. The van der Waals surface area contributed by atoms with Crippen LogP contribution in [0.4, 0.5) is 0 Å². The van der Waals surface area contributed by atoms with Crippen molar-refractivity contribution in [2.24, 2.45) is 0 Å². The SMILES string of the molecule is COC[C@@H](O)[C@H](OCc1ccccc1)[C@H](OCc1ccccc1)[C@@H](O)CO. The molecule has 0 saturated carbocycles. The van der Waals surface area contributed by atoms with E-state index in [-0.39, 0.29) is 19.8 Å². The predicted octanol–water partition coefficient (Wildman–Crippen LogP) is 1.52. The number of ether oxygens (including phenoxy) is 3. The molecule has 0 saturated heterocycles. The Morgan fingerprint density at radius 1 is 0.741 bits per heavy atom. The molecule has 4 atom stereocenters. The Balaban J connectivity index is 2.11. The zero-order valence-electron chi connectivity index (χ0n) is 15.5. The first-order valence-corrected chi connectivity index (χ1v) is 8.92. The predicted molar refractivity (Wildman–Crippen MR) is 101 cm³/mol. The highest BCUT2D eigenvalue weighted by molar-refractivity contribution is 5.14. The van der Waals surface area contributed by atoms with Gasteiger partial charge >= 0.3 is 0 Å². The molecule has 6 nitrogen and oxygen atoms in total. The average molecular weight is 376 g/mol. The molecule has 0 aliphatic carbocycles. The van der Waals surface area contributed by atoms with E-state index in [1.165, 1.54) is 7.11 Å². The van der Waals surface area contributed by atoms with Crippen LogP contribution in [0.25, 0.3) is 0 Å². The molecule has 0 fully saturated rings. The largest absolute Gasteiger partial charge is 0.394 e. The lowest BCUT2D eigenvalue weighted by Gasteiger charge is -2.33. The standard InChI is InChI=1S/C21H28O6/c1-25-15-19(24)21(27-14-17-10-6-3-7-11-17)20(18(23)12-22)26-13-16-8-4-2-5-9-16/h2-11,18-24H,12-15H2,1H3/t18-,19+,20+,21-/m0/s1. The van der Waals surface area contributed by atoms with E-state index < -0.39 is 31.0 Å². The summed E-state index contributed by atoms with van der Waals surface area (Å²) in [5.74, 6) is 0. The number of methoxy groups -OCH3 is 1. The Morgan fingerprint density at radius 3 is 1.59 bits per heavy atom. The number of aliphatic hydroxyl groups is 3. The van der Waals surface area contributed by atoms with Gasteiger partial charge < -0.3 is 29.5 Å². The van der Waals surface area contributed by atoms with E-state index in [2.05, 4.69) is 0 Å². The van der Waals surface area contributed by atoms with Gasteiger partial charge in [-0.1, -0.05) is 60.7 Å². The Kier molecular flexibility index (Phi) is 9.41. The minimum atomic E-state index is -1.21. The first-order valence-electron chi connectivity index (χ1n) is 8.92. The second kappa shape index (κ2) is 11.8. The molecule has 148 valence electrons. The third-order valence-electron chi connectivity index (χ3n) is 4.18. The lowest BCUT2D eigenvalue weighted by molar-refractivity contribution is -0.179. The van der Waals surface area contributed by atoms with Crippen LogP contribution in [0, 0.1) is 0 Å². The number of benzene rings is 2. The smallest absolute Gasteiger partial charge is 0.115 e. The van der Waals surface area contributed by atoms with Crippen molar-refractivity contribution in [2.45, 2.75) is 37.6 Å². The first kappa shape index (κ1) is 21.5. The van der Waals surface area contributed by atoms with Crippen LogP contribution in [0.1, 0.15) is 11.1 Å². The van der Waals surface area contributed by atoms with Crippen LogP contribution in [0.15, 0.2) is 60.7 Å². The molecule has 0 spiro atoms. The van der Waals surface area contributed by atoms with E-state index in [1.807, 2.05) is 60.7 Å².